The van der Waals surface area contributed by atoms with E-state index in [4.69, 9.17) is 4.42 Å². The Morgan fingerprint density at radius 2 is 1.72 bits per heavy atom. The van der Waals surface area contributed by atoms with Gasteiger partial charge in [0, 0.05) is 50.0 Å². The number of hydrogen-bond acceptors (Lipinski definition) is 6. The number of benzene rings is 2. The molecule has 0 aliphatic carbocycles. The molecule has 1 aromatic heterocycles. The highest BCUT2D eigenvalue weighted by atomic mass is 16.6. The fourth-order valence-electron chi connectivity index (χ4n) is 4.25. The number of nitrogens with zero attached hydrogens (tertiary/aromatic N) is 3. The molecule has 0 unspecified atom stereocenters. The molecule has 9 nitrogen and oxygen atoms in total. The summed E-state index contributed by atoms with van der Waals surface area (Å²) >= 11 is 0. The van der Waals surface area contributed by atoms with Crippen LogP contribution in [0.2, 0.25) is 0 Å². The van der Waals surface area contributed by atoms with E-state index >= 15 is 0 Å². The normalized spacial score (nSPS) is 13.7. The number of nitrogens with one attached hydrogen (secondary N) is 1. The SMILES string of the molecule is Cc1ccc(-c2ccc(C(=O)Nc3ccc(N4CCN(C(=O)CC(C)C)CC4)cc3)o2)c([N+](=O)[O-])c1. The molecule has 2 aromatic carbocycles. The summed E-state index contributed by atoms with van der Waals surface area (Å²) < 4.78 is 5.65. The van der Waals surface area contributed by atoms with Crippen LogP contribution in [0.1, 0.15) is 36.4 Å². The summed E-state index contributed by atoms with van der Waals surface area (Å²) in [5.74, 6) is 0.438. The first-order chi connectivity index (χ1) is 17.2. The van der Waals surface area contributed by atoms with Crippen molar-refractivity contribution in [1.29, 1.82) is 0 Å². The summed E-state index contributed by atoms with van der Waals surface area (Å²) in [5, 5.41) is 14.2. The van der Waals surface area contributed by atoms with E-state index in [-0.39, 0.29) is 23.1 Å². The Hall–Kier alpha value is -4.14. The Morgan fingerprint density at radius 3 is 2.36 bits per heavy atom. The average Bonchev–Trinajstić information content (AvgIpc) is 3.34. The molecule has 9 heteroatoms. The minimum Gasteiger partial charge on any atom is -0.451 e. The van der Waals surface area contributed by atoms with Crippen LogP contribution in [0.25, 0.3) is 11.3 Å². The Morgan fingerprint density at radius 1 is 1.03 bits per heavy atom. The summed E-state index contributed by atoms with van der Waals surface area (Å²) in [6, 6.07) is 15.4. The molecule has 36 heavy (non-hydrogen) atoms. The molecule has 1 saturated heterocycles. The molecule has 3 aromatic rings. The number of carbonyl (C=O) groups is 2. The standard InChI is InChI=1S/C27H30N4O5/c1-18(2)16-26(32)30-14-12-29(13-15-30)21-7-5-20(6-8-21)28-27(33)25-11-10-24(36-25)22-9-4-19(3)17-23(22)31(34)35/h4-11,17-18H,12-16H2,1-3H3,(H,28,33). The maximum atomic E-state index is 12.7. The number of furan rings is 1. The van der Waals surface area contributed by atoms with Crippen LogP contribution < -0.4 is 10.2 Å². The first-order valence-electron chi connectivity index (χ1n) is 12.0. The van der Waals surface area contributed by atoms with Crippen molar-refractivity contribution in [3.63, 3.8) is 0 Å². The van der Waals surface area contributed by atoms with Crippen molar-refractivity contribution < 1.29 is 18.9 Å². The van der Waals surface area contributed by atoms with Crippen LogP contribution in [-0.2, 0) is 4.79 Å². The highest BCUT2D eigenvalue weighted by Crippen LogP contribution is 2.32. The summed E-state index contributed by atoms with van der Waals surface area (Å²) in [7, 11) is 0. The predicted molar refractivity (Wildman–Crippen MR) is 138 cm³/mol. The smallest absolute Gasteiger partial charge is 0.291 e. The number of amides is 2. The lowest BCUT2D eigenvalue weighted by atomic mass is 10.1. The van der Waals surface area contributed by atoms with E-state index in [1.807, 2.05) is 29.2 Å². The minimum atomic E-state index is -0.463. The molecule has 1 aliphatic heterocycles. The zero-order valence-corrected chi connectivity index (χ0v) is 20.7. The molecule has 0 atom stereocenters. The largest absolute Gasteiger partial charge is 0.451 e. The number of carbonyl (C=O) groups excluding carboxylic acids is 2. The predicted octanol–water partition coefficient (Wildman–Crippen LogP) is 5.11. The fourth-order valence-corrected chi connectivity index (χ4v) is 4.25. The molecule has 188 valence electrons. The van der Waals surface area contributed by atoms with E-state index < -0.39 is 10.8 Å². The van der Waals surface area contributed by atoms with Gasteiger partial charge in [-0.15, -0.1) is 0 Å². The van der Waals surface area contributed by atoms with Crippen LogP contribution in [-0.4, -0.2) is 47.8 Å². The lowest BCUT2D eigenvalue weighted by molar-refractivity contribution is -0.384. The van der Waals surface area contributed by atoms with E-state index in [1.165, 1.54) is 12.1 Å². The van der Waals surface area contributed by atoms with Gasteiger partial charge in [-0.2, -0.15) is 0 Å². The molecule has 2 heterocycles. The summed E-state index contributed by atoms with van der Waals surface area (Å²) in [5.41, 5.74) is 2.64. The maximum absolute atomic E-state index is 12.7. The monoisotopic (exact) mass is 490 g/mol. The quantitative estimate of drug-likeness (QED) is 0.364. The van der Waals surface area contributed by atoms with Crippen LogP contribution in [0.5, 0.6) is 0 Å². The van der Waals surface area contributed by atoms with Crippen molar-refractivity contribution in [1.82, 2.24) is 4.90 Å². The number of hydrogen-bond donors (Lipinski definition) is 1. The average molecular weight is 491 g/mol. The highest BCUT2D eigenvalue weighted by molar-refractivity contribution is 6.02. The van der Waals surface area contributed by atoms with Crippen LogP contribution in [0.15, 0.2) is 59.0 Å². The molecule has 4 rings (SSSR count). The molecule has 1 aliphatic rings. The molecule has 0 spiro atoms. The van der Waals surface area contributed by atoms with Crippen molar-refractivity contribution in [2.45, 2.75) is 27.2 Å². The van der Waals surface area contributed by atoms with Gasteiger partial charge in [0.25, 0.3) is 11.6 Å². The lowest BCUT2D eigenvalue weighted by Crippen LogP contribution is -2.49. The molecule has 0 saturated carbocycles. The molecular weight excluding hydrogens is 460 g/mol. The number of nitro benzene ring substituents is 1. The third kappa shape index (κ3) is 5.73. The van der Waals surface area contributed by atoms with Gasteiger partial charge in [0.1, 0.15) is 5.76 Å². The number of rotatable bonds is 7. The van der Waals surface area contributed by atoms with Gasteiger partial charge in [0.2, 0.25) is 5.91 Å². The number of aryl methyl sites for hydroxylation is 1. The van der Waals surface area contributed by atoms with E-state index in [0.29, 0.717) is 36.7 Å². The van der Waals surface area contributed by atoms with Crippen molar-refractivity contribution >= 4 is 28.9 Å². The maximum Gasteiger partial charge on any atom is 0.291 e. The second-order valence-electron chi connectivity index (χ2n) is 9.41. The van der Waals surface area contributed by atoms with Gasteiger partial charge in [-0.3, -0.25) is 19.7 Å². The molecular formula is C27H30N4O5. The zero-order chi connectivity index (χ0) is 25.8. The van der Waals surface area contributed by atoms with Gasteiger partial charge in [0.15, 0.2) is 5.76 Å². The van der Waals surface area contributed by atoms with Gasteiger partial charge >= 0.3 is 0 Å². The van der Waals surface area contributed by atoms with Gasteiger partial charge in [-0.25, -0.2) is 0 Å². The second kappa shape index (κ2) is 10.6. The van der Waals surface area contributed by atoms with Gasteiger partial charge < -0.3 is 19.5 Å². The second-order valence-corrected chi connectivity index (χ2v) is 9.41. The van der Waals surface area contributed by atoms with Crippen LogP contribution in [0.4, 0.5) is 17.1 Å². The van der Waals surface area contributed by atoms with Gasteiger partial charge in [0.05, 0.1) is 10.5 Å². The van der Waals surface area contributed by atoms with Crippen molar-refractivity contribution in [2.24, 2.45) is 5.92 Å². The third-order valence-corrected chi connectivity index (χ3v) is 6.15. The topological polar surface area (TPSA) is 109 Å². The van der Waals surface area contributed by atoms with Crippen molar-refractivity contribution in [2.75, 3.05) is 36.4 Å². The lowest BCUT2D eigenvalue weighted by Gasteiger charge is -2.36. The number of anilines is 2. The Balaban J connectivity index is 1.37. The van der Waals surface area contributed by atoms with Gasteiger partial charge in [-0.05, 0) is 60.9 Å². The van der Waals surface area contributed by atoms with E-state index in [1.54, 1.807) is 25.1 Å². The molecule has 1 N–H and O–H groups in total. The number of piperazine rings is 1. The first kappa shape index (κ1) is 25.0. The third-order valence-electron chi connectivity index (χ3n) is 6.15. The molecule has 2 amide bonds. The first-order valence-corrected chi connectivity index (χ1v) is 12.0. The summed E-state index contributed by atoms with van der Waals surface area (Å²) in [4.78, 5) is 40.1. The van der Waals surface area contributed by atoms with E-state index in [0.717, 1.165) is 24.3 Å². The summed E-state index contributed by atoms with van der Waals surface area (Å²) in [6.07, 6.45) is 0.577. The minimum absolute atomic E-state index is 0.0612. The Labute approximate surface area is 209 Å². The Kier molecular flexibility index (Phi) is 7.38. The van der Waals surface area contributed by atoms with Crippen molar-refractivity contribution in [3.8, 4) is 11.3 Å². The highest BCUT2D eigenvalue weighted by Gasteiger charge is 2.22. The van der Waals surface area contributed by atoms with Crippen LogP contribution >= 0.6 is 0 Å². The van der Waals surface area contributed by atoms with E-state index in [2.05, 4.69) is 24.1 Å². The van der Waals surface area contributed by atoms with Crippen LogP contribution in [0, 0.1) is 23.0 Å². The van der Waals surface area contributed by atoms with Crippen molar-refractivity contribution in [3.05, 3.63) is 76.0 Å². The fraction of sp³-hybridized carbons (Fsp3) is 0.333. The Bertz CT molecular complexity index is 1260. The zero-order valence-electron chi connectivity index (χ0n) is 20.7. The summed E-state index contributed by atoms with van der Waals surface area (Å²) in [6.45, 7) is 8.79. The van der Waals surface area contributed by atoms with Crippen LogP contribution in [0.3, 0.4) is 0 Å². The molecule has 0 bridgehead atoms. The molecule has 1 fully saturated rings. The molecule has 0 radical (unpaired) electrons. The van der Waals surface area contributed by atoms with E-state index in [9.17, 15) is 19.7 Å². The number of nitro groups is 1. The van der Waals surface area contributed by atoms with Gasteiger partial charge in [-0.1, -0.05) is 19.9 Å².